The Morgan fingerprint density at radius 3 is 2.74 bits per heavy atom. The van der Waals surface area contributed by atoms with E-state index in [-0.39, 0.29) is 0 Å². The molecule has 5 nitrogen and oxygen atoms in total. The molecular formula is C13H14N2O3S. The summed E-state index contributed by atoms with van der Waals surface area (Å²) in [6, 6.07) is 3.73. The Morgan fingerprint density at radius 1 is 1.37 bits per heavy atom. The number of hydrogen-bond donors (Lipinski definition) is 0. The van der Waals surface area contributed by atoms with Crippen molar-refractivity contribution in [2.45, 2.75) is 13.3 Å². The molecule has 0 aliphatic carbocycles. The first kappa shape index (κ1) is 13.5. The van der Waals surface area contributed by atoms with Gasteiger partial charge < -0.3 is 9.47 Å². The number of carbonyl (C=O) groups is 1. The number of methoxy groups -OCH3 is 2. The van der Waals surface area contributed by atoms with Crippen LogP contribution in [0.2, 0.25) is 0 Å². The highest BCUT2D eigenvalue weighted by atomic mass is 32.1. The Morgan fingerprint density at radius 2 is 2.16 bits per heavy atom. The summed E-state index contributed by atoms with van der Waals surface area (Å²) in [4.78, 5) is 20.8. The molecule has 0 radical (unpaired) electrons. The zero-order chi connectivity index (χ0) is 13.8. The average Bonchev–Trinajstić information content (AvgIpc) is 2.79. The highest BCUT2D eigenvalue weighted by Crippen LogP contribution is 2.21. The summed E-state index contributed by atoms with van der Waals surface area (Å²) in [5, 5.41) is 0.866. The average molecular weight is 278 g/mol. The summed E-state index contributed by atoms with van der Waals surface area (Å²) in [6.45, 7) is 1.86. The van der Waals surface area contributed by atoms with Gasteiger partial charge in [0.2, 0.25) is 5.88 Å². The third kappa shape index (κ3) is 3.08. The largest absolute Gasteiger partial charge is 0.481 e. The van der Waals surface area contributed by atoms with Crippen molar-refractivity contribution < 1.29 is 14.3 Å². The fraction of sp³-hybridized carbons (Fsp3) is 0.308. The van der Waals surface area contributed by atoms with Crippen LogP contribution in [-0.2, 0) is 11.2 Å². The van der Waals surface area contributed by atoms with E-state index in [2.05, 4.69) is 14.7 Å². The van der Waals surface area contributed by atoms with Crippen molar-refractivity contribution in [3.8, 4) is 5.88 Å². The number of nitrogens with zero attached hydrogens (tertiary/aromatic N) is 2. The predicted octanol–water partition coefficient (Wildman–Crippen LogP) is 2.23. The van der Waals surface area contributed by atoms with Crippen LogP contribution in [0.25, 0.3) is 0 Å². The van der Waals surface area contributed by atoms with Gasteiger partial charge in [-0.2, -0.15) is 0 Å². The lowest BCUT2D eigenvalue weighted by atomic mass is 10.2. The van der Waals surface area contributed by atoms with Crippen LogP contribution < -0.4 is 4.74 Å². The number of ether oxygens (including phenoxy) is 2. The van der Waals surface area contributed by atoms with Crippen LogP contribution in [0.1, 0.15) is 25.9 Å². The van der Waals surface area contributed by atoms with Gasteiger partial charge in [0.15, 0.2) is 5.69 Å². The van der Waals surface area contributed by atoms with Gasteiger partial charge in [-0.3, -0.25) is 0 Å². The van der Waals surface area contributed by atoms with E-state index in [0.29, 0.717) is 18.0 Å². The van der Waals surface area contributed by atoms with Crippen molar-refractivity contribution in [3.05, 3.63) is 39.5 Å². The molecule has 2 aromatic heterocycles. The molecule has 0 spiro atoms. The maximum Gasteiger partial charge on any atom is 0.357 e. The van der Waals surface area contributed by atoms with Crippen molar-refractivity contribution in [1.82, 2.24) is 9.97 Å². The second-order valence-corrected chi connectivity index (χ2v) is 5.18. The highest BCUT2D eigenvalue weighted by molar-refractivity contribution is 7.11. The van der Waals surface area contributed by atoms with Crippen LogP contribution in [0.15, 0.2) is 18.3 Å². The van der Waals surface area contributed by atoms with E-state index in [0.717, 1.165) is 15.4 Å². The Labute approximate surface area is 115 Å². The van der Waals surface area contributed by atoms with E-state index < -0.39 is 5.97 Å². The zero-order valence-corrected chi connectivity index (χ0v) is 11.8. The second kappa shape index (κ2) is 5.79. The minimum absolute atomic E-state index is 0.393. The molecule has 2 rings (SSSR count). The molecule has 0 amide bonds. The minimum atomic E-state index is -0.396. The van der Waals surface area contributed by atoms with E-state index in [1.807, 2.05) is 13.0 Å². The number of hydrogen-bond acceptors (Lipinski definition) is 6. The van der Waals surface area contributed by atoms with Crippen molar-refractivity contribution in [3.63, 3.8) is 0 Å². The molecule has 0 saturated carbocycles. The van der Waals surface area contributed by atoms with Crippen LogP contribution in [0.3, 0.4) is 0 Å². The van der Waals surface area contributed by atoms with E-state index in [4.69, 9.17) is 4.74 Å². The molecule has 0 bridgehead atoms. The van der Waals surface area contributed by atoms with Gasteiger partial charge in [0.25, 0.3) is 0 Å². The van der Waals surface area contributed by atoms with Crippen LogP contribution >= 0.6 is 11.3 Å². The topological polar surface area (TPSA) is 61.3 Å². The van der Waals surface area contributed by atoms with Gasteiger partial charge in [-0.05, 0) is 12.5 Å². The maximum absolute atomic E-state index is 11.5. The molecule has 0 aromatic carbocycles. The molecule has 19 heavy (non-hydrogen) atoms. The highest BCUT2D eigenvalue weighted by Gasteiger charge is 2.15. The molecule has 2 heterocycles. The summed E-state index contributed by atoms with van der Waals surface area (Å²) in [7, 11) is 2.93. The number of aryl methyl sites for hydroxylation is 1. The van der Waals surface area contributed by atoms with Crippen LogP contribution in [0.5, 0.6) is 5.88 Å². The van der Waals surface area contributed by atoms with Crippen LogP contribution in [0.4, 0.5) is 0 Å². The monoisotopic (exact) mass is 278 g/mol. The lowest BCUT2D eigenvalue weighted by Gasteiger charge is -2.00. The first-order valence-electron chi connectivity index (χ1n) is 5.67. The van der Waals surface area contributed by atoms with Gasteiger partial charge in [0.1, 0.15) is 0 Å². The first-order chi connectivity index (χ1) is 9.13. The Kier molecular flexibility index (Phi) is 4.11. The third-order valence-electron chi connectivity index (χ3n) is 2.58. The number of pyridine rings is 1. The molecule has 0 aliphatic rings. The summed E-state index contributed by atoms with van der Waals surface area (Å²) in [5.74, 6) is 0.183. The van der Waals surface area contributed by atoms with E-state index in [9.17, 15) is 4.79 Å². The zero-order valence-electron chi connectivity index (χ0n) is 11.0. The molecule has 0 fully saturated rings. The molecule has 2 aromatic rings. The third-order valence-corrected chi connectivity index (χ3v) is 3.55. The summed E-state index contributed by atoms with van der Waals surface area (Å²) in [6.07, 6.45) is 2.38. The lowest BCUT2D eigenvalue weighted by Crippen LogP contribution is -2.03. The van der Waals surface area contributed by atoms with Gasteiger partial charge >= 0.3 is 5.97 Å². The number of esters is 1. The van der Waals surface area contributed by atoms with Gasteiger partial charge in [0, 0.05) is 23.6 Å². The van der Waals surface area contributed by atoms with Crippen LogP contribution in [0, 0.1) is 6.92 Å². The van der Waals surface area contributed by atoms with Gasteiger partial charge in [-0.1, -0.05) is 6.07 Å². The molecule has 0 atom stereocenters. The number of rotatable bonds is 4. The normalized spacial score (nSPS) is 10.3. The van der Waals surface area contributed by atoms with Gasteiger partial charge in [-0.15, -0.1) is 11.3 Å². The Balaban J connectivity index is 2.16. The molecule has 6 heteroatoms. The fourth-order valence-corrected chi connectivity index (χ4v) is 2.58. The second-order valence-electron chi connectivity index (χ2n) is 3.89. The SMILES string of the molecule is COC(=O)c1nc(Cc2ccc(OC)nc2)sc1C. The standard InChI is InChI=1S/C13H14N2O3S/c1-8-12(13(16)18-3)15-11(19-8)6-9-4-5-10(17-2)14-7-9/h4-5,7H,6H2,1-3H3. The number of thiazole rings is 1. The summed E-state index contributed by atoms with van der Waals surface area (Å²) in [5.41, 5.74) is 1.41. The smallest absolute Gasteiger partial charge is 0.357 e. The Bertz CT molecular complexity index is 578. The van der Waals surface area contributed by atoms with Gasteiger partial charge in [-0.25, -0.2) is 14.8 Å². The van der Waals surface area contributed by atoms with E-state index in [1.54, 1.807) is 19.4 Å². The van der Waals surface area contributed by atoms with E-state index >= 15 is 0 Å². The van der Waals surface area contributed by atoms with Crippen molar-refractivity contribution in [2.24, 2.45) is 0 Å². The first-order valence-corrected chi connectivity index (χ1v) is 6.49. The molecule has 0 saturated heterocycles. The predicted molar refractivity (Wildman–Crippen MR) is 71.8 cm³/mol. The molecular weight excluding hydrogens is 264 g/mol. The quantitative estimate of drug-likeness (QED) is 0.803. The molecule has 0 unspecified atom stereocenters. The minimum Gasteiger partial charge on any atom is -0.481 e. The maximum atomic E-state index is 11.5. The summed E-state index contributed by atoms with van der Waals surface area (Å²) >= 11 is 1.49. The number of carbonyl (C=O) groups excluding carboxylic acids is 1. The van der Waals surface area contributed by atoms with Crippen molar-refractivity contribution >= 4 is 17.3 Å². The van der Waals surface area contributed by atoms with Crippen molar-refractivity contribution in [2.75, 3.05) is 14.2 Å². The summed E-state index contributed by atoms with van der Waals surface area (Å²) < 4.78 is 9.69. The van der Waals surface area contributed by atoms with Gasteiger partial charge in [0.05, 0.1) is 19.2 Å². The fourth-order valence-electron chi connectivity index (χ4n) is 1.62. The molecule has 0 aliphatic heterocycles. The van der Waals surface area contributed by atoms with Crippen molar-refractivity contribution in [1.29, 1.82) is 0 Å². The lowest BCUT2D eigenvalue weighted by molar-refractivity contribution is 0.0594. The van der Waals surface area contributed by atoms with E-state index in [1.165, 1.54) is 18.4 Å². The molecule has 100 valence electrons. The number of aromatic nitrogens is 2. The molecule has 0 N–H and O–H groups in total. The van der Waals surface area contributed by atoms with Crippen LogP contribution in [-0.4, -0.2) is 30.2 Å². The Hall–Kier alpha value is -1.95.